The summed E-state index contributed by atoms with van der Waals surface area (Å²) in [6.07, 6.45) is 8.15. The average Bonchev–Trinajstić information content (AvgIpc) is 3.48. The fourth-order valence-corrected chi connectivity index (χ4v) is 5.30. The SMILES string of the molecule is CCOc1ccccc1CN1C(=O)c2cc(-c3ccco3)nn2C[C@]1(C)C(=O)NC1CCCCCC1. The van der Waals surface area contributed by atoms with Gasteiger partial charge in [0.05, 0.1) is 26.0 Å². The highest BCUT2D eigenvalue weighted by atomic mass is 16.5. The fourth-order valence-electron chi connectivity index (χ4n) is 5.30. The van der Waals surface area contributed by atoms with E-state index in [0.717, 1.165) is 37.0 Å². The van der Waals surface area contributed by atoms with Gasteiger partial charge in [-0.15, -0.1) is 0 Å². The molecule has 2 aromatic heterocycles. The van der Waals surface area contributed by atoms with Gasteiger partial charge in [-0.2, -0.15) is 5.10 Å². The van der Waals surface area contributed by atoms with Crippen molar-refractivity contribution in [2.24, 2.45) is 0 Å². The van der Waals surface area contributed by atoms with Gasteiger partial charge in [0.1, 0.15) is 22.7 Å². The predicted octanol–water partition coefficient (Wildman–Crippen LogP) is 4.80. The molecule has 1 fully saturated rings. The number of fused-ring (bicyclic) bond motifs is 1. The van der Waals surface area contributed by atoms with E-state index >= 15 is 0 Å². The lowest BCUT2D eigenvalue weighted by Crippen LogP contribution is -2.64. The zero-order chi connectivity index (χ0) is 25.1. The van der Waals surface area contributed by atoms with Crippen molar-refractivity contribution in [1.29, 1.82) is 0 Å². The number of ether oxygens (including phenoxy) is 1. The van der Waals surface area contributed by atoms with Crippen LogP contribution in [0.25, 0.3) is 11.5 Å². The number of hydrogen-bond acceptors (Lipinski definition) is 5. The van der Waals surface area contributed by atoms with Crippen LogP contribution in [0.4, 0.5) is 0 Å². The third kappa shape index (κ3) is 4.64. The number of carbonyl (C=O) groups excluding carboxylic acids is 2. The molecule has 8 nitrogen and oxygen atoms in total. The molecule has 1 N–H and O–H groups in total. The lowest BCUT2D eigenvalue weighted by molar-refractivity contribution is -0.134. The first kappa shape index (κ1) is 24.2. The van der Waals surface area contributed by atoms with E-state index in [1.54, 1.807) is 28.0 Å². The van der Waals surface area contributed by atoms with Gasteiger partial charge in [0, 0.05) is 17.7 Å². The van der Waals surface area contributed by atoms with Crippen LogP contribution in [0.5, 0.6) is 5.75 Å². The molecule has 5 rings (SSSR count). The maximum atomic E-state index is 14.0. The monoisotopic (exact) mass is 490 g/mol. The second-order valence-corrected chi connectivity index (χ2v) is 9.92. The van der Waals surface area contributed by atoms with Crippen LogP contribution in [-0.2, 0) is 17.9 Å². The number of furan rings is 1. The summed E-state index contributed by atoms with van der Waals surface area (Å²) in [5.41, 5.74) is 0.754. The van der Waals surface area contributed by atoms with Gasteiger partial charge in [-0.1, -0.05) is 43.9 Å². The molecule has 3 aromatic rings. The first-order chi connectivity index (χ1) is 17.5. The third-order valence-corrected chi connectivity index (χ3v) is 7.35. The molecule has 190 valence electrons. The Morgan fingerprint density at radius 3 is 2.67 bits per heavy atom. The van der Waals surface area contributed by atoms with E-state index in [2.05, 4.69) is 10.4 Å². The molecule has 0 unspecified atom stereocenters. The molecule has 0 spiro atoms. The van der Waals surface area contributed by atoms with Gasteiger partial charge in [-0.3, -0.25) is 14.3 Å². The van der Waals surface area contributed by atoms with E-state index in [-0.39, 0.29) is 30.9 Å². The van der Waals surface area contributed by atoms with Gasteiger partial charge in [-0.05, 0) is 44.9 Å². The zero-order valence-electron chi connectivity index (χ0n) is 21.0. The minimum absolute atomic E-state index is 0.127. The molecule has 1 saturated carbocycles. The lowest BCUT2D eigenvalue weighted by Gasteiger charge is -2.44. The second kappa shape index (κ2) is 10.2. The first-order valence-electron chi connectivity index (χ1n) is 12.9. The highest BCUT2D eigenvalue weighted by Crippen LogP contribution is 2.33. The average molecular weight is 491 g/mol. The number of nitrogens with zero attached hydrogens (tertiary/aromatic N) is 3. The standard InChI is InChI=1S/C28H34N4O4/c1-3-35-24-14-9-8-11-20(24)18-31-26(33)23-17-22(25-15-10-16-36-25)30-32(23)19-28(31,2)27(34)29-21-12-6-4-5-7-13-21/h8-11,14-17,21H,3-7,12-13,18-19H2,1-2H3,(H,29,34)/t28-/m1/s1. The summed E-state index contributed by atoms with van der Waals surface area (Å²) in [4.78, 5) is 29.5. The molecule has 8 heteroatoms. The normalized spacial score (nSPS) is 20.6. The molecule has 36 heavy (non-hydrogen) atoms. The van der Waals surface area contributed by atoms with Crippen LogP contribution >= 0.6 is 0 Å². The molecular formula is C28H34N4O4. The summed E-state index contributed by atoms with van der Waals surface area (Å²) in [5.74, 6) is 0.922. The van der Waals surface area contributed by atoms with E-state index in [1.807, 2.05) is 44.2 Å². The van der Waals surface area contributed by atoms with Crippen LogP contribution in [0.15, 0.2) is 53.1 Å². The van der Waals surface area contributed by atoms with Gasteiger partial charge in [0.15, 0.2) is 5.76 Å². The van der Waals surface area contributed by atoms with Gasteiger partial charge in [-0.25, -0.2) is 0 Å². The fraction of sp³-hybridized carbons (Fsp3) is 0.464. The van der Waals surface area contributed by atoms with Gasteiger partial charge in [0.25, 0.3) is 5.91 Å². The third-order valence-electron chi connectivity index (χ3n) is 7.35. The van der Waals surface area contributed by atoms with Crippen molar-refractivity contribution in [2.45, 2.75) is 77.0 Å². The van der Waals surface area contributed by atoms with Crippen molar-refractivity contribution in [2.75, 3.05) is 6.61 Å². The van der Waals surface area contributed by atoms with Crippen LogP contribution in [0.2, 0.25) is 0 Å². The zero-order valence-corrected chi connectivity index (χ0v) is 21.0. The smallest absolute Gasteiger partial charge is 0.273 e. The molecule has 0 saturated heterocycles. The van der Waals surface area contributed by atoms with E-state index < -0.39 is 5.54 Å². The Balaban J connectivity index is 1.51. The minimum atomic E-state index is -1.12. The van der Waals surface area contributed by atoms with Crippen molar-refractivity contribution in [3.05, 3.63) is 60.0 Å². The van der Waals surface area contributed by atoms with Crippen molar-refractivity contribution < 1.29 is 18.7 Å². The Bertz CT molecular complexity index is 1210. The molecule has 3 heterocycles. The van der Waals surface area contributed by atoms with E-state index in [1.165, 1.54) is 12.8 Å². The Morgan fingerprint density at radius 1 is 1.17 bits per heavy atom. The van der Waals surface area contributed by atoms with Crippen LogP contribution in [-0.4, -0.2) is 44.7 Å². The largest absolute Gasteiger partial charge is 0.494 e. The number of benzene rings is 1. The number of rotatable bonds is 7. The number of aromatic nitrogens is 2. The molecule has 2 amide bonds. The highest BCUT2D eigenvalue weighted by Gasteiger charge is 2.48. The van der Waals surface area contributed by atoms with Crippen molar-refractivity contribution in [3.63, 3.8) is 0 Å². The topological polar surface area (TPSA) is 89.6 Å². The molecule has 1 aromatic carbocycles. The van der Waals surface area contributed by atoms with Crippen LogP contribution in [0.3, 0.4) is 0 Å². The molecule has 0 bridgehead atoms. The molecule has 1 atom stereocenters. The molecule has 2 aliphatic rings. The lowest BCUT2D eigenvalue weighted by atomic mass is 9.93. The van der Waals surface area contributed by atoms with E-state index in [9.17, 15) is 9.59 Å². The molecule has 1 aliphatic heterocycles. The number of amides is 2. The van der Waals surface area contributed by atoms with Crippen LogP contribution < -0.4 is 10.1 Å². The minimum Gasteiger partial charge on any atom is -0.494 e. The summed E-state index contributed by atoms with van der Waals surface area (Å²) in [6, 6.07) is 13.2. The molecular weight excluding hydrogens is 456 g/mol. The Morgan fingerprint density at radius 2 is 1.94 bits per heavy atom. The van der Waals surface area contributed by atoms with Crippen molar-refractivity contribution >= 4 is 11.8 Å². The number of hydrogen-bond donors (Lipinski definition) is 1. The van der Waals surface area contributed by atoms with Gasteiger partial charge < -0.3 is 19.4 Å². The summed E-state index contributed by atoms with van der Waals surface area (Å²) in [5, 5.41) is 7.93. The maximum Gasteiger partial charge on any atom is 0.273 e. The Hall–Kier alpha value is -3.55. The van der Waals surface area contributed by atoms with Crippen LogP contribution in [0, 0.1) is 0 Å². The first-order valence-corrected chi connectivity index (χ1v) is 12.9. The van der Waals surface area contributed by atoms with Crippen LogP contribution in [0.1, 0.15) is 68.4 Å². The molecule has 0 radical (unpaired) electrons. The Labute approximate surface area is 211 Å². The van der Waals surface area contributed by atoms with Gasteiger partial charge in [0.2, 0.25) is 5.91 Å². The number of para-hydroxylation sites is 1. The number of carbonyl (C=O) groups is 2. The Kier molecular flexibility index (Phi) is 6.85. The summed E-state index contributed by atoms with van der Waals surface area (Å²) >= 11 is 0. The highest BCUT2D eigenvalue weighted by molar-refractivity contribution is 6.00. The second-order valence-electron chi connectivity index (χ2n) is 9.92. The summed E-state index contributed by atoms with van der Waals surface area (Å²) in [7, 11) is 0. The maximum absolute atomic E-state index is 14.0. The van der Waals surface area contributed by atoms with Crippen molar-refractivity contribution in [1.82, 2.24) is 20.0 Å². The summed E-state index contributed by atoms with van der Waals surface area (Å²) < 4.78 is 13.0. The van der Waals surface area contributed by atoms with Gasteiger partial charge >= 0.3 is 0 Å². The number of nitrogens with one attached hydrogen (secondary N) is 1. The van der Waals surface area contributed by atoms with E-state index in [0.29, 0.717) is 23.8 Å². The van der Waals surface area contributed by atoms with Crippen molar-refractivity contribution in [3.8, 4) is 17.2 Å². The predicted molar refractivity (Wildman–Crippen MR) is 135 cm³/mol. The summed E-state index contributed by atoms with van der Waals surface area (Å²) in [6.45, 7) is 4.80. The molecule has 1 aliphatic carbocycles. The quantitative estimate of drug-likeness (QED) is 0.481. The van der Waals surface area contributed by atoms with E-state index in [4.69, 9.17) is 9.15 Å².